The van der Waals surface area contributed by atoms with Gasteiger partial charge in [-0.25, -0.2) is 8.42 Å². The Labute approximate surface area is 147 Å². The summed E-state index contributed by atoms with van der Waals surface area (Å²) < 4.78 is 27.4. The highest BCUT2D eigenvalue weighted by Crippen LogP contribution is 2.18. The number of hydrogen-bond acceptors (Lipinski definition) is 4. The van der Waals surface area contributed by atoms with E-state index in [0.29, 0.717) is 17.8 Å². The summed E-state index contributed by atoms with van der Waals surface area (Å²) in [6.45, 7) is 4.17. The topological polar surface area (TPSA) is 78.5 Å². The Bertz CT molecular complexity index is 836. The fourth-order valence-electron chi connectivity index (χ4n) is 2.81. The fraction of sp³-hybridized carbons (Fsp3) is 0.278. The number of carbonyl (C=O) groups is 1. The van der Waals surface area contributed by atoms with Crippen molar-refractivity contribution in [1.82, 2.24) is 10.2 Å². The minimum Gasteiger partial charge on any atom is -0.333 e. The first kappa shape index (κ1) is 17.4. The maximum atomic E-state index is 12.6. The van der Waals surface area contributed by atoms with Gasteiger partial charge in [0.2, 0.25) is 0 Å². The highest BCUT2D eigenvalue weighted by Gasteiger charge is 2.24. The average Bonchev–Trinajstić information content (AvgIpc) is 2.62. The molecule has 3 rings (SSSR count). The summed E-state index contributed by atoms with van der Waals surface area (Å²) >= 11 is 0. The molecular formula is C18H21N3O3S. The minimum atomic E-state index is -3.68. The number of nitrogens with one attached hydrogen (secondary N) is 2. The average molecular weight is 359 g/mol. The van der Waals surface area contributed by atoms with Crippen LogP contribution in [0.4, 0.5) is 5.69 Å². The van der Waals surface area contributed by atoms with E-state index in [1.807, 2.05) is 17.9 Å². The molecule has 7 heteroatoms. The van der Waals surface area contributed by atoms with Crippen molar-refractivity contribution in [3.63, 3.8) is 0 Å². The molecule has 1 fully saturated rings. The van der Waals surface area contributed by atoms with Gasteiger partial charge in [-0.15, -0.1) is 0 Å². The van der Waals surface area contributed by atoms with E-state index >= 15 is 0 Å². The molecule has 0 aliphatic carbocycles. The molecule has 1 heterocycles. The summed E-state index contributed by atoms with van der Waals surface area (Å²) in [7, 11) is -3.68. The Hall–Kier alpha value is -2.38. The van der Waals surface area contributed by atoms with Crippen LogP contribution in [0.15, 0.2) is 59.5 Å². The number of rotatable bonds is 4. The molecule has 1 amide bonds. The van der Waals surface area contributed by atoms with Crippen LogP contribution in [-0.4, -0.2) is 44.9 Å². The maximum absolute atomic E-state index is 12.6. The number of nitrogens with zero attached hydrogens (tertiary/aromatic N) is 1. The van der Waals surface area contributed by atoms with Crippen LogP contribution in [-0.2, 0) is 10.0 Å². The first-order valence-corrected chi connectivity index (χ1v) is 9.65. The monoisotopic (exact) mass is 359 g/mol. The molecule has 2 N–H and O–H groups in total. The third-order valence-corrected chi connectivity index (χ3v) is 5.60. The third kappa shape index (κ3) is 4.00. The zero-order valence-electron chi connectivity index (χ0n) is 14.0. The second kappa shape index (κ2) is 7.25. The Morgan fingerprint density at radius 3 is 2.44 bits per heavy atom. The maximum Gasteiger partial charge on any atom is 0.261 e. The summed E-state index contributed by atoms with van der Waals surface area (Å²) in [6, 6.07) is 14.9. The third-order valence-electron chi connectivity index (χ3n) is 4.20. The van der Waals surface area contributed by atoms with Crippen LogP contribution >= 0.6 is 0 Å². The van der Waals surface area contributed by atoms with Crippen LogP contribution in [0.3, 0.4) is 0 Å². The summed E-state index contributed by atoms with van der Waals surface area (Å²) in [5, 5.41) is 3.24. The number of sulfonamides is 1. The van der Waals surface area contributed by atoms with Crippen LogP contribution in [0.2, 0.25) is 0 Å². The van der Waals surface area contributed by atoms with E-state index in [-0.39, 0.29) is 16.8 Å². The standard InChI is InChI=1S/C18H21N3O3S/c1-14-13-19-11-12-21(14)18(22)15-7-9-17(10-8-15)25(23,24)20-16-5-3-2-4-6-16/h2-10,14,19-20H,11-13H2,1H3. The first-order chi connectivity index (χ1) is 12.0. The van der Waals surface area contributed by atoms with Gasteiger partial charge in [-0.05, 0) is 43.3 Å². The van der Waals surface area contributed by atoms with E-state index in [1.54, 1.807) is 36.4 Å². The molecule has 1 atom stereocenters. The zero-order valence-corrected chi connectivity index (χ0v) is 14.8. The lowest BCUT2D eigenvalue weighted by molar-refractivity contribution is 0.0655. The van der Waals surface area contributed by atoms with Gasteiger partial charge in [0.1, 0.15) is 0 Å². The van der Waals surface area contributed by atoms with Gasteiger partial charge >= 0.3 is 0 Å². The van der Waals surface area contributed by atoms with Gasteiger partial charge in [0.15, 0.2) is 0 Å². The summed E-state index contributed by atoms with van der Waals surface area (Å²) in [5.41, 5.74) is 0.990. The van der Waals surface area contributed by atoms with Crippen molar-refractivity contribution in [3.05, 3.63) is 60.2 Å². The summed E-state index contributed by atoms with van der Waals surface area (Å²) in [4.78, 5) is 14.5. The van der Waals surface area contributed by atoms with Crippen LogP contribution in [0.5, 0.6) is 0 Å². The molecule has 2 aromatic rings. The predicted octanol–water partition coefficient (Wildman–Crippen LogP) is 1.92. The number of piperazine rings is 1. The van der Waals surface area contributed by atoms with Crippen molar-refractivity contribution in [3.8, 4) is 0 Å². The van der Waals surface area contributed by atoms with Crippen molar-refractivity contribution >= 4 is 21.6 Å². The lowest BCUT2D eigenvalue weighted by atomic mass is 10.1. The zero-order chi connectivity index (χ0) is 17.9. The lowest BCUT2D eigenvalue weighted by Crippen LogP contribution is -2.52. The van der Waals surface area contributed by atoms with Crippen LogP contribution in [0, 0.1) is 0 Å². The molecule has 1 aliphatic rings. The Morgan fingerprint density at radius 2 is 1.80 bits per heavy atom. The van der Waals surface area contributed by atoms with Crippen molar-refractivity contribution in [2.45, 2.75) is 17.9 Å². The number of carbonyl (C=O) groups excluding carboxylic acids is 1. The molecule has 1 aliphatic heterocycles. The SMILES string of the molecule is CC1CNCCN1C(=O)c1ccc(S(=O)(=O)Nc2ccccc2)cc1. The first-order valence-electron chi connectivity index (χ1n) is 8.17. The van der Waals surface area contributed by atoms with Gasteiger partial charge in [0, 0.05) is 36.9 Å². The van der Waals surface area contributed by atoms with Crippen LogP contribution in [0.25, 0.3) is 0 Å². The fourth-order valence-corrected chi connectivity index (χ4v) is 3.86. The molecule has 1 saturated heterocycles. The lowest BCUT2D eigenvalue weighted by Gasteiger charge is -2.34. The van der Waals surface area contributed by atoms with Crippen LogP contribution in [0.1, 0.15) is 17.3 Å². The Morgan fingerprint density at radius 1 is 1.12 bits per heavy atom. The van der Waals surface area contributed by atoms with Gasteiger partial charge < -0.3 is 10.2 Å². The van der Waals surface area contributed by atoms with Crippen molar-refractivity contribution in [2.75, 3.05) is 24.4 Å². The number of hydrogen-bond donors (Lipinski definition) is 2. The van der Waals surface area contributed by atoms with E-state index in [4.69, 9.17) is 0 Å². The van der Waals surface area contributed by atoms with Crippen molar-refractivity contribution < 1.29 is 13.2 Å². The van der Waals surface area contributed by atoms with E-state index in [9.17, 15) is 13.2 Å². The number of anilines is 1. The van der Waals surface area contributed by atoms with Crippen LogP contribution < -0.4 is 10.0 Å². The van der Waals surface area contributed by atoms with Crippen molar-refractivity contribution in [1.29, 1.82) is 0 Å². The second-order valence-corrected chi connectivity index (χ2v) is 7.73. The highest BCUT2D eigenvalue weighted by atomic mass is 32.2. The van der Waals surface area contributed by atoms with Gasteiger partial charge in [0.05, 0.1) is 4.90 Å². The second-order valence-electron chi connectivity index (χ2n) is 6.05. The normalized spacial score (nSPS) is 18.0. The molecule has 0 spiro atoms. The van der Waals surface area contributed by atoms with E-state index in [0.717, 1.165) is 13.1 Å². The molecule has 0 bridgehead atoms. The molecule has 0 saturated carbocycles. The quantitative estimate of drug-likeness (QED) is 0.874. The molecule has 132 valence electrons. The number of amides is 1. The Kier molecular flexibility index (Phi) is 5.06. The number of para-hydroxylation sites is 1. The van der Waals surface area contributed by atoms with Gasteiger partial charge in [-0.3, -0.25) is 9.52 Å². The summed E-state index contributed by atoms with van der Waals surface area (Å²) in [5.74, 6) is -0.0750. The van der Waals surface area contributed by atoms with Gasteiger partial charge in [0.25, 0.3) is 15.9 Å². The molecule has 6 nitrogen and oxygen atoms in total. The molecule has 2 aromatic carbocycles. The molecule has 0 aromatic heterocycles. The smallest absolute Gasteiger partial charge is 0.261 e. The number of benzene rings is 2. The van der Waals surface area contributed by atoms with E-state index in [1.165, 1.54) is 12.1 Å². The van der Waals surface area contributed by atoms with Crippen molar-refractivity contribution in [2.24, 2.45) is 0 Å². The summed E-state index contributed by atoms with van der Waals surface area (Å²) in [6.07, 6.45) is 0. The highest BCUT2D eigenvalue weighted by molar-refractivity contribution is 7.92. The van der Waals surface area contributed by atoms with Gasteiger partial charge in [-0.1, -0.05) is 18.2 Å². The minimum absolute atomic E-state index is 0.0750. The molecule has 0 radical (unpaired) electrons. The Balaban J connectivity index is 1.76. The van der Waals surface area contributed by atoms with E-state index in [2.05, 4.69) is 10.0 Å². The van der Waals surface area contributed by atoms with Gasteiger partial charge in [-0.2, -0.15) is 0 Å². The molecule has 25 heavy (non-hydrogen) atoms. The molecular weight excluding hydrogens is 338 g/mol. The van der Waals surface area contributed by atoms with E-state index < -0.39 is 10.0 Å². The largest absolute Gasteiger partial charge is 0.333 e. The molecule has 1 unspecified atom stereocenters. The predicted molar refractivity (Wildman–Crippen MR) is 97.1 cm³/mol.